The summed E-state index contributed by atoms with van der Waals surface area (Å²) in [6.45, 7) is 2.95. The number of carbonyl (C=O) groups excluding carboxylic acids is 1. The number of ether oxygens (including phenoxy) is 2. The molecule has 0 bridgehead atoms. The molecule has 1 aromatic rings. The molecule has 106 valence electrons. The molecule has 0 saturated carbocycles. The summed E-state index contributed by atoms with van der Waals surface area (Å²) in [4.78, 5) is 11.0. The third kappa shape index (κ3) is 5.30. The zero-order chi connectivity index (χ0) is 14.1. The summed E-state index contributed by atoms with van der Waals surface area (Å²) in [5.74, 6) is 0.712. The van der Waals surface area contributed by atoms with Gasteiger partial charge in [-0.15, -0.1) is 0 Å². The van der Waals surface area contributed by atoms with Crippen LogP contribution in [-0.4, -0.2) is 26.7 Å². The van der Waals surface area contributed by atoms with Crippen molar-refractivity contribution in [3.63, 3.8) is 0 Å². The minimum Gasteiger partial charge on any atom is -0.497 e. The second-order valence-corrected chi connectivity index (χ2v) is 4.37. The Morgan fingerprint density at radius 3 is 2.47 bits per heavy atom. The minimum absolute atomic E-state index is 0.153. The summed E-state index contributed by atoms with van der Waals surface area (Å²) in [5, 5.41) is 3.45. The first kappa shape index (κ1) is 15.5. The van der Waals surface area contributed by atoms with Crippen molar-refractivity contribution < 1.29 is 14.3 Å². The zero-order valence-electron chi connectivity index (χ0n) is 11.9. The first-order valence-corrected chi connectivity index (χ1v) is 6.65. The lowest BCUT2D eigenvalue weighted by molar-refractivity contribution is -0.140. The molecular formula is C15H23NO3. The van der Waals surface area contributed by atoms with Crippen molar-refractivity contribution in [3.05, 3.63) is 29.8 Å². The lowest BCUT2D eigenvalue weighted by atomic mass is 10.0. The SMILES string of the molecule is CCC(NCCCC(=O)OC)c1ccc(OC)cc1. The van der Waals surface area contributed by atoms with Gasteiger partial charge in [0.2, 0.25) is 0 Å². The lowest BCUT2D eigenvalue weighted by Gasteiger charge is -2.17. The maximum Gasteiger partial charge on any atom is 0.305 e. The maximum atomic E-state index is 11.0. The molecule has 4 nitrogen and oxygen atoms in total. The van der Waals surface area contributed by atoms with Crippen LogP contribution in [0.3, 0.4) is 0 Å². The first-order valence-electron chi connectivity index (χ1n) is 6.65. The molecule has 0 aliphatic heterocycles. The van der Waals surface area contributed by atoms with Crippen molar-refractivity contribution in [2.24, 2.45) is 0 Å². The molecular weight excluding hydrogens is 242 g/mol. The summed E-state index contributed by atoms with van der Waals surface area (Å²) in [7, 11) is 3.08. The Morgan fingerprint density at radius 1 is 1.26 bits per heavy atom. The fourth-order valence-electron chi connectivity index (χ4n) is 1.95. The van der Waals surface area contributed by atoms with Crippen molar-refractivity contribution in [3.8, 4) is 5.75 Å². The first-order chi connectivity index (χ1) is 9.21. The molecule has 1 rings (SSSR count). The number of rotatable bonds is 8. The second-order valence-electron chi connectivity index (χ2n) is 4.37. The van der Waals surface area contributed by atoms with E-state index >= 15 is 0 Å². The quantitative estimate of drug-likeness (QED) is 0.580. The van der Waals surface area contributed by atoms with Crippen molar-refractivity contribution in [2.75, 3.05) is 20.8 Å². The third-order valence-corrected chi connectivity index (χ3v) is 3.10. The molecule has 1 N–H and O–H groups in total. The van der Waals surface area contributed by atoms with E-state index in [-0.39, 0.29) is 5.97 Å². The third-order valence-electron chi connectivity index (χ3n) is 3.10. The van der Waals surface area contributed by atoms with E-state index in [0.29, 0.717) is 12.5 Å². The van der Waals surface area contributed by atoms with Gasteiger partial charge in [-0.3, -0.25) is 4.79 Å². The fourth-order valence-corrected chi connectivity index (χ4v) is 1.95. The van der Waals surface area contributed by atoms with Crippen molar-refractivity contribution >= 4 is 5.97 Å². The second kappa shape index (κ2) is 8.53. The van der Waals surface area contributed by atoms with E-state index in [0.717, 1.165) is 25.1 Å². The van der Waals surface area contributed by atoms with Crippen LogP contribution in [0.1, 0.15) is 37.8 Å². The van der Waals surface area contributed by atoms with E-state index in [1.54, 1.807) is 7.11 Å². The van der Waals surface area contributed by atoms with E-state index in [1.165, 1.54) is 12.7 Å². The van der Waals surface area contributed by atoms with E-state index in [9.17, 15) is 4.79 Å². The Hall–Kier alpha value is -1.55. The van der Waals surface area contributed by atoms with Gasteiger partial charge in [-0.2, -0.15) is 0 Å². The molecule has 19 heavy (non-hydrogen) atoms. The molecule has 1 atom stereocenters. The fraction of sp³-hybridized carbons (Fsp3) is 0.533. The average Bonchev–Trinajstić information content (AvgIpc) is 2.47. The van der Waals surface area contributed by atoms with Gasteiger partial charge in [0.05, 0.1) is 14.2 Å². The normalized spacial score (nSPS) is 11.9. The number of hydrogen-bond acceptors (Lipinski definition) is 4. The van der Waals surface area contributed by atoms with E-state index in [2.05, 4.69) is 29.1 Å². The van der Waals surface area contributed by atoms with Gasteiger partial charge >= 0.3 is 5.97 Å². The van der Waals surface area contributed by atoms with E-state index in [1.807, 2.05) is 12.1 Å². The summed E-state index contributed by atoms with van der Waals surface area (Å²) in [6, 6.07) is 8.38. The Labute approximate surface area is 115 Å². The van der Waals surface area contributed by atoms with Crippen molar-refractivity contribution in [1.29, 1.82) is 0 Å². The molecule has 0 aliphatic rings. The number of esters is 1. The predicted octanol–water partition coefficient (Wildman–Crippen LogP) is 2.69. The smallest absolute Gasteiger partial charge is 0.305 e. The molecule has 0 heterocycles. The van der Waals surface area contributed by atoms with Gasteiger partial charge in [-0.05, 0) is 37.1 Å². The van der Waals surface area contributed by atoms with Crippen molar-refractivity contribution in [2.45, 2.75) is 32.2 Å². The number of nitrogens with one attached hydrogen (secondary N) is 1. The predicted molar refractivity (Wildman–Crippen MR) is 75.3 cm³/mol. The number of carbonyl (C=O) groups is 1. The number of methoxy groups -OCH3 is 2. The van der Waals surface area contributed by atoms with Gasteiger partial charge in [0.25, 0.3) is 0 Å². The molecule has 0 radical (unpaired) electrons. The van der Waals surface area contributed by atoms with Crippen LogP contribution in [0.5, 0.6) is 5.75 Å². The van der Waals surface area contributed by atoms with E-state index < -0.39 is 0 Å². The molecule has 0 aliphatic carbocycles. The van der Waals surface area contributed by atoms with Crippen LogP contribution < -0.4 is 10.1 Å². The Balaban J connectivity index is 2.41. The Kier molecular flexibility index (Phi) is 6.97. The largest absolute Gasteiger partial charge is 0.497 e. The average molecular weight is 265 g/mol. The van der Waals surface area contributed by atoms with Crippen LogP contribution in [0.25, 0.3) is 0 Å². The lowest BCUT2D eigenvalue weighted by Crippen LogP contribution is -2.22. The summed E-state index contributed by atoms with van der Waals surface area (Å²) >= 11 is 0. The van der Waals surface area contributed by atoms with Gasteiger partial charge in [-0.1, -0.05) is 19.1 Å². The molecule has 0 fully saturated rings. The molecule has 0 spiro atoms. The van der Waals surface area contributed by atoms with Crippen LogP contribution in [0.2, 0.25) is 0 Å². The Morgan fingerprint density at radius 2 is 1.95 bits per heavy atom. The highest BCUT2D eigenvalue weighted by atomic mass is 16.5. The molecule has 0 amide bonds. The number of benzene rings is 1. The number of hydrogen-bond donors (Lipinski definition) is 1. The van der Waals surface area contributed by atoms with Crippen LogP contribution in [0.4, 0.5) is 0 Å². The maximum absolute atomic E-state index is 11.0. The van der Waals surface area contributed by atoms with Gasteiger partial charge in [0.1, 0.15) is 5.75 Å². The van der Waals surface area contributed by atoms with Gasteiger partial charge in [-0.25, -0.2) is 0 Å². The summed E-state index contributed by atoms with van der Waals surface area (Å²) < 4.78 is 9.76. The van der Waals surface area contributed by atoms with Crippen LogP contribution in [-0.2, 0) is 9.53 Å². The molecule has 4 heteroatoms. The highest BCUT2D eigenvalue weighted by Gasteiger charge is 2.08. The molecule has 1 aromatic carbocycles. The molecule has 1 unspecified atom stereocenters. The van der Waals surface area contributed by atoms with Gasteiger partial charge < -0.3 is 14.8 Å². The van der Waals surface area contributed by atoms with Gasteiger partial charge in [0.15, 0.2) is 0 Å². The van der Waals surface area contributed by atoms with Gasteiger partial charge in [0, 0.05) is 12.5 Å². The highest BCUT2D eigenvalue weighted by molar-refractivity contribution is 5.69. The van der Waals surface area contributed by atoms with Crippen molar-refractivity contribution in [1.82, 2.24) is 5.32 Å². The van der Waals surface area contributed by atoms with Crippen LogP contribution >= 0.6 is 0 Å². The summed E-state index contributed by atoms with van der Waals surface area (Å²) in [6.07, 6.45) is 2.26. The molecule has 0 saturated heterocycles. The van der Waals surface area contributed by atoms with Crippen LogP contribution in [0, 0.1) is 0 Å². The minimum atomic E-state index is -0.153. The zero-order valence-corrected chi connectivity index (χ0v) is 11.9. The standard InChI is InChI=1S/C15H23NO3/c1-4-14(16-11-5-6-15(17)19-3)12-7-9-13(18-2)10-8-12/h7-10,14,16H,4-6,11H2,1-3H3. The van der Waals surface area contributed by atoms with E-state index in [4.69, 9.17) is 4.74 Å². The summed E-state index contributed by atoms with van der Waals surface area (Å²) in [5.41, 5.74) is 1.24. The molecule has 0 aromatic heterocycles. The topological polar surface area (TPSA) is 47.6 Å². The van der Waals surface area contributed by atoms with Crippen LogP contribution in [0.15, 0.2) is 24.3 Å². The monoisotopic (exact) mass is 265 g/mol. The Bertz CT molecular complexity index is 375. The highest BCUT2D eigenvalue weighted by Crippen LogP contribution is 2.19.